The second-order valence-electron chi connectivity index (χ2n) is 6.77. The third kappa shape index (κ3) is 3.84. The average molecular weight is 396 g/mol. The Kier molecular flexibility index (Phi) is 5.26. The van der Waals surface area contributed by atoms with Crippen LogP contribution in [-0.4, -0.2) is 41.3 Å². The van der Waals surface area contributed by atoms with Crippen molar-refractivity contribution in [3.8, 4) is 17.0 Å². The molecule has 2 aromatic heterocycles. The lowest BCUT2D eigenvalue weighted by atomic mass is 10.1. The van der Waals surface area contributed by atoms with Crippen molar-refractivity contribution in [1.82, 2.24) is 14.5 Å². The summed E-state index contributed by atoms with van der Waals surface area (Å²) in [5, 5.41) is 0. The lowest BCUT2D eigenvalue weighted by Gasteiger charge is -2.34. The van der Waals surface area contributed by atoms with Crippen molar-refractivity contribution in [2.24, 2.45) is 7.05 Å². The molecule has 1 saturated heterocycles. The van der Waals surface area contributed by atoms with E-state index in [1.807, 2.05) is 29.2 Å². The van der Waals surface area contributed by atoms with Crippen molar-refractivity contribution in [2.45, 2.75) is 6.10 Å². The van der Waals surface area contributed by atoms with Crippen molar-refractivity contribution in [3.05, 3.63) is 70.5 Å². The number of rotatable bonds is 4. The first kappa shape index (κ1) is 19.1. The van der Waals surface area contributed by atoms with Gasteiger partial charge in [0.1, 0.15) is 11.9 Å². The van der Waals surface area contributed by atoms with Crippen molar-refractivity contribution in [3.63, 3.8) is 0 Å². The van der Waals surface area contributed by atoms with Gasteiger partial charge in [0.25, 0.3) is 5.56 Å². The van der Waals surface area contributed by atoms with Gasteiger partial charge in [-0.2, -0.15) is 0 Å². The Hall–Kier alpha value is -3.26. The molecule has 7 nitrogen and oxygen atoms in total. The number of morpholine rings is 1. The lowest BCUT2D eigenvalue weighted by Crippen LogP contribution is -2.41. The average Bonchev–Trinajstić information content (AvgIpc) is 2.76. The van der Waals surface area contributed by atoms with Gasteiger partial charge in [-0.05, 0) is 23.8 Å². The summed E-state index contributed by atoms with van der Waals surface area (Å²) in [6, 6.07) is 10.5. The molecule has 3 heterocycles. The first-order chi connectivity index (χ1) is 14.1. The summed E-state index contributed by atoms with van der Waals surface area (Å²) in [5.74, 6) is 0.736. The Morgan fingerprint density at radius 2 is 2.03 bits per heavy atom. The Balaban J connectivity index is 1.66. The number of nitrogens with zero attached hydrogens (tertiary/aromatic N) is 4. The molecule has 0 spiro atoms. The van der Waals surface area contributed by atoms with Crippen molar-refractivity contribution >= 4 is 5.95 Å². The van der Waals surface area contributed by atoms with Crippen molar-refractivity contribution in [1.29, 1.82) is 0 Å². The standard InChI is InChI=1S/C21H21FN4O3/c1-25-20(27)11-18(16-7-8-23-12-17(16)22)24-21(25)26-9-10-29-19(13-26)14-3-5-15(28-2)6-4-14/h3-8,11-12,19H,9-10,13H2,1-2H3/t19-/m1/s1. The predicted molar refractivity (Wildman–Crippen MR) is 107 cm³/mol. The molecule has 0 amide bonds. The molecule has 0 aliphatic carbocycles. The molecule has 0 radical (unpaired) electrons. The molecule has 3 aromatic rings. The second-order valence-corrected chi connectivity index (χ2v) is 6.77. The number of halogens is 1. The van der Waals surface area contributed by atoms with Gasteiger partial charge in [-0.1, -0.05) is 12.1 Å². The van der Waals surface area contributed by atoms with Gasteiger partial charge in [-0.25, -0.2) is 9.37 Å². The number of anilines is 1. The van der Waals surface area contributed by atoms with Crippen molar-refractivity contribution in [2.75, 3.05) is 31.7 Å². The number of methoxy groups -OCH3 is 1. The zero-order valence-corrected chi connectivity index (χ0v) is 16.2. The molecule has 4 rings (SSSR count). The molecule has 0 N–H and O–H groups in total. The van der Waals surface area contributed by atoms with Crippen LogP contribution >= 0.6 is 0 Å². The SMILES string of the molecule is COc1ccc([C@H]2CN(c3nc(-c4ccncc4F)cc(=O)n3C)CCO2)cc1. The van der Waals surface area contributed by atoms with E-state index in [0.717, 1.165) is 17.5 Å². The van der Waals surface area contributed by atoms with Gasteiger partial charge in [0.2, 0.25) is 5.95 Å². The highest BCUT2D eigenvalue weighted by Gasteiger charge is 2.25. The lowest BCUT2D eigenvalue weighted by molar-refractivity contribution is 0.0389. The summed E-state index contributed by atoms with van der Waals surface area (Å²) in [6.45, 7) is 1.59. The molecule has 1 aromatic carbocycles. The van der Waals surface area contributed by atoms with E-state index in [-0.39, 0.29) is 22.9 Å². The summed E-state index contributed by atoms with van der Waals surface area (Å²) in [6.07, 6.45) is 2.42. The fourth-order valence-electron chi connectivity index (χ4n) is 3.38. The summed E-state index contributed by atoms with van der Waals surface area (Å²) < 4.78 is 26.8. The van der Waals surface area contributed by atoms with Gasteiger partial charge < -0.3 is 14.4 Å². The van der Waals surface area contributed by atoms with Crippen LogP contribution in [0, 0.1) is 5.82 Å². The Labute approximate surface area is 167 Å². The molecular formula is C21H21FN4O3. The number of pyridine rings is 1. The third-order valence-corrected chi connectivity index (χ3v) is 5.00. The largest absolute Gasteiger partial charge is 0.497 e. The first-order valence-electron chi connectivity index (χ1n) is 9.25. The van der Waals surface area contributed by atoms with E-state index in [4.69, 9.17) is 9.47 Å². The van der Waals surface area contributed by atoms with Crippen LogP contribution < -0.4 is 15.2 Å². The van der Waals surface area contributed by atoms with E-state index in [2.05, 4.69) is 9.97 Å². The summed E-state index contributed by atoms with van der Waals surface area (Å²) in [4.78, 5) is 22.9. The molecule has 29 heavy (non-hydrogen) atoms. The number of benzene rings is 1. The second kappa shape index (κ2) is 8.00. The number of aromatic nitrogens is 3. The van der Waals surface area contributed by atoms with E-state index >= 15 is 0 Å². The van der Waals surface area contributed by atoms with Gasteiger partial charge in [0.15, 0.2) is 5.82 Å². The fraction of sp³-hybridized carbons (Fsp3) is 0.286. The van der Waals surface area contributed by atoms with Crippen LogP contribution in [-0.2, 0) is 11.8 Å². The zero-order chi connectivity index (χ0) is 20.4. The predicted octanol–water partition coefficient (Wildman–Crippen LogP) is 2.57. The Morgan fingerprint density at radius 3 is 2.76 bits per heavy atom. The maximum atomic E-state index is 14.2. The minimum absolute atomic E-state index is 0.173. The highest BCUT2D eigenvalue weighted by molar-refractivity contribution is 5.60. The molecule has 1 atom stereocenters. The number of hydrogen-bond donors (Lipinski definition) is 0. The topological polar surface area (TPSA) is 69.5 Å². The highest BCUT2D eigenvalue weighted by atomic mass is 19.1. The fourth-order valence-corrected chi connectivity index (χ4v) is 3.38. The molecule has 0 saturated carbocycles. The summed E-state index contributed by atoms with van der Waals surface area (Å²) in [7, 11) is 3.29. The van der Waals surface area contributed by atoms with E-state index in [0.29, 0.717) is 25.6 Å². The van der Waals surface area contributed by atoms with Crippen LogP contribution in [0.2, 0.25) is 0 Å². The van der Waals surface area contributed by atoms with Gasteiger partial charge >= 0.3 is 0 Å². The summed E-state index contributed by atoms with van der Waals surface area (Å²) in [5.41, 5.74) is 1.29. The van der Waals surface area contributed by atoms with Crippen LogP contribution in [0.4, 0.5) is 10.3 Å². The monoisotopic (exact) mass is 396 g/mol. The van der Waals surface area contributed by atoms with Crippen LogP contribution in [0.15, 0.2) is 53.6 Å². The summed E-state index contributed by atoms with van der Waals surface area (Å²) >= 11 is 0. The van der Waals surface area contributed by atoms with E-state index < -0.39 is 5.82 Å². The van der Waals surface area contributed by atoms with Gasteiger partial charge in [0.05, 0.1) is 32.2 Å². The quantitative estimate of drug-likeness (QED) is 0.675. The maximum absolute atomic E-state index is 14.2. The normalized spacial score (nSPS) is 16.7. The molecule has 0 unspecified atom stereocenters. The Morgan fingerprint density at radius 1 is 1.24 bits per heavy atom. The van der Waals surface area contributed by atoms with Gasteiger partial charge in [-0.15, -0.1) is 0 Å². The first-order valence-corrected chi connectivity index (χ1v) is 9.25. The zero-order valence-electron chi connectivity index (χ0n) is 16.2. The van der Waals surface area contributed by atoms with E-state index in [1.54, 1.807) is 14.2 Å². The molecule has 1 aliphatic rings. The molecule has 1 aliphatic heterocycles. The van der Waals surface area contributed by atoms with Gasteiger partial charge in [0, 0.05) is 31.4 Å². The molecular weight excluding hydrogens is 375 g/mol. The number of hydrogen-bond acceptors (Lipinski definition) is 6. The minimum Gasteiger partial charge on any atom is -0.497 e. The van der Waals surface area contributed by atoms with E-state index in [1.165, 1.54) is 22.9 Å². The maximum Gasteiger partial charge on any atom is 0.255 e. The smallest absolute Gasteiger partial charge is 0.255 e. The minimum atomic E-state index is -0.516. The highest BCUT2D eigenvalue weighted by Crippen LogP contribution is 2.27. The van der Waals surface area contributed by atoms with Crippen molar-refractivity contribution < 1.29 is 13.9 Å². The van der Waals surface area contributed by atoms with Crippen LogP contribution in [0.25, 0.3) is 11.3 Å². The van der Waals surface area contributed by atoms with Crippen LogP contribution in [0.5, 0.6) is 5.75 Å². The molecule has 0 bridgehead atoms. The van der Waals surface area contributed by atoms with Crippen LogP contribution in [0.3, 0.4) is 0 Å². The van der Waals surface area contributed by atoms with Crippen LogP contribution in [0.1, 0.15) is 11.7 Å². The number of ether oxygens (including phenoxy) is 2. The Bertz CT molecular complexity index is 1070. The molecule has 1 fully saturated rings. The van der Waals surface area contributed by atoms with Gasteiger partial charge in [-0.3, -0.25) is 14.3 Å². The molecule has 8 heteroatoms. The van der Waals surface area contributed by atoms with E-state index in [9.17, 15) is 9.18 Å². The molecule has 150 valence electrons. The third-order valence-electron chi connectivity index (χ3n) is 5.00.